The van der Waals surface area contributed by atoms with E-state index in [1.807, 2.05) is 74.5 Å². The van der Waals surface area contributed by atoms with Crippen LogP contribution in [0, 0.1) is 13.8 Å². The fraction of sp³-hybridized carbons (Fsp3) is 0.0833. The van der Waals surface area contributed by atoms with Gasteiger partial charge in [-0.2, -0.15) is 0 Å². The lowest BCUT2D eigenvalue weighted by Crippen LogP contribution is -2.31. The van der Waals surface area contributed by atoms with Crippen molar-refractivity contribution < 1.29 is 9.59 Å². The molecule has 0 N–H and O–H groups in total. The van der Waals surface area contributed by atoms with Gasteiger partial charge in [0.05, 0.1) is 16.2 Å². The first-order valence-corrected chi connectivity index (χ1v) is 10.3. The normalized spacial score (nSPS) is 14.1. The van der Waals surface area contributed by atoms with Crippen molar-refractivity contribution in [1.82, 2.24) is 0 Å². The predicted octanol–water partition coefficient (Wildman–Crippen LogP) is 6.03. The summed E-state index contributed by atoms with van der Waals surface area (Å²) >= 11 is 7.57. The van der Waals surface area contributed by atoms with Crippen molar-refractivity contribution in [2.75, 3.05) is 4.90 Å². The molecule has 0 bridgehead atoms. The fourth-order valence-electron chi connectivity index (χ4n) is 3.14. The van der Waals surface area contributed by atoms with Crippen LogP contribution in [0.5, 0.6) is 0 Å². The third-order valence-electron chi connectivity index (χ3n) is 4.76. The van der Waals surface area contributed by atoms with Crippen LogP contribution in [0.1, 0.15) is 16.7 Å². The highest BCUT2D eigenvalue weighted by Crippen LogP contribution is 2.41. The van der Waals surface area contributed by atoms with Crippen LogP contribution in [0.3, 0.4) is 0 Å². The molecule has 0 radical (unpaired) electrons. The van der Waals surface area contributed by atoms with E-state index in [-0.39, 0.29) is 11.8 Å². The van der Waals surface area contributed by atoms with Gasteiger partial charge in [-0.15, -0.1) is 0 Å². The minimum atomic E-state index is -0.336. The molecule has 0 saturated carbocycles. The van der Waals surface area contributed by atoms with E-state index >= 15 is 0 Å². The van der Waals surface area contributed by atoms with Crippen molar-refractivity contribution in [3.63, 3.8) is 0 Å². The molecule has 0 fully saturated rings. The zero-order chi connectivity index (χ0) is 20.5. The molecular weight excluding hydrogens is 402 g/mol. The molecule has 0 atom stereocenters. The SMILES string of the molecule is Cc1ccc(C2=C(Sc3ccccc3)C(=O)N(c3ccc(C)c(Cl)c3)C2=O)cc1. The lowest BCUT2D eigenvalue weighted by molar-refractivity contribution is -0.119. The molecule has 5 heteroatoms. The van der Waals surface area contributed by atoms with Gasteiger partial charge >= 0.3 is 0 Å². The molecule has 3 aromatic rings. The first-order chi connectivity index (χ1) is 14.0. The van der Waals surface area contributed by atoms with Gasteiger partial charge in [0.1, 0.15) is 0 Å². The van der Waals surface area contributed by atoms with E-state index in [4.69, 9.17) is 11.6 Å². The molecule has 0 spiro atoms. The third-order valence-corrected chi connectivity index (χ3v) is 6.26. The van der Waals surface area contributed by atoms with Gasteiger partial charge in [-0.25, -0.2) is 4.90 Å². The molecule has 1 aliphatic heterocycles. The molecule has 4 rings (SSSR count). The second kappa shape index (κ2) is 7.90. The predicted molar refractivity (Wildman–Crippen MR) is 119 cm³/mol. The van der Waals surface area contributed by atoms with Gasteiger partial charge in [-0.1, -0.05) is 77.5 Å². The van der Waals surface area contributed by atoms with Crippen LogP contribution < -0.4 is 4.90 Å². The van der Waals surface area contributed by atoms with E-state index in [0.717, 1.165) is 21.6 Å². The van der Waals surface area contributed by atoms with Crippen LogP contribution in [-0.2, 0) is 9.59 Å². The highest BCUT2D eigenvalue weighted by molar-refractivity contribution is 8.04. The van der Waals surface area contributed by atoms with E-state index in [1.165, 1.54) is 16.7 Å². The Hall–Kier alpha value is -2.82. The molecule has 1 aliphatic rings. The smallest absolute Gasteiger partial charge is 0.268 e. The Morgan fingerprint density at radius 1 is 0.828 bits per heavy atom. The summed E-state index contributed by atoms with van der Waals surface area (Å²) in [7, 11) is 0. The van der Waals surface area contributed by atoms with Gasteiger partial charge in [-0.05, 0) is 49.2 Å². The number of benzene rings is 3. The number of thioether (sulfide) groups is 1. The molecule has 0 aromatic heterocycles. The minimum absolute atomic E-state index is 0.334. The Morgan fingerprint density at radius 3 is 2.17 bits per heavy atom. The van der Waals surface area contributed by atoms with Crippen LogP contribution in [0.4, 0.5) is 5.69 Å². The number of hydrogen-bond donors (Lipinski definition) is 0. The number of rotatable bonds is 4. The highest BCUT2D eigenvalue weighted by Gasteiger charge is 2.40. The Balaban J connectivity index is 1.83. The monoisotopic (exact) mass is 419 g/mol. The van der Waals surface area contributed by atoms with Crippen molar-refractivity contribution in [2.24, 2.45) is 0 Å². The highest BCUT2D eigenvalue weighted by atomic mass is 35.5. The van der Waals surface area contributed by atoms with Crippen LogP contribution in [0.2, 0.25) is 5.02 Å². The number of amides is 2. The lowest BCUT2D eigenvalue weighted by Gasteiger charge is -2.16. The number of imide groups is 1. The molecule has 3 aromatic carbocycles. The van der Waals surface area contributed by atoms with Crippen molar-refractivity contribution in [3.8, 4) is 0 Å². The zero-order valence-electron chi connectivity index (χ0n) is 16.0. The molecule has 0 saturated heterocycles. The Bertz CT molecular complexity index is 1140. The average molecular weight is 420 g/mol. The lowest BCUT2D eigenvalue weighted by atomic mass is 10.0. The van der Waals surface area contributed by atoms with E-state index in [0.29, 0.717) is 21.2 Å². The summed E-state index contributed by atoms with van der Waals surface area (Å²) in [5, 5.41) is 0.518. The van der Waals surface area contributed by atoms with Gasteiger partial charge in [0.15, 0.2) is 0 Å². The van der Waals surface area contributed by atoms with Crippen molar-refractivity contribution in [3.05, 3.63) is 99.4 Å². The molecule has 0 unspecified atom stereocenters. The summed E-state index contributed by atoms with van der Waals surface area (Å²) in [5.41, 5.74) is 3.60. The molecular formula is C24H18ClNO2S. The number of nitrogens with zero attached hydrogens (tertiary/aromatic N) is 1. The maximum Gasteiger partial charge on any atom is 0.272 e. The summed E-state index contributed by atoms with van der Waals surface area (Å²) in [6, 6.07) is 22.5. The molecule has 0 aliphatic carbocycles. The number of aryl methyl sites for hydroxylation is 2. The van der Waals surface area contributed by atoms with E-state index in [9.17, 15) is 9.59 Å². The average Bonchev–Trinajstić information content (AvgIpc) is 2.95. The summed E-state index contributed by atoms with van der Waals surface area (Å²) in [5.74, 6) is -0.670. The minimum Gasteiger partial charge on any atom is -0.268 e. The second-order valence-corrected chi connectivity index (χ2v) is 8.36. The molecule has 144 valence electrons. The maximum atomic E-state index is 13.4. The number of carbonyl (C=O) groups excluding carboxylic acids is 2. The van der Waals surface area contributed by atoms with Gasteiger partial charge in [0.25, 0.3) is 11.8 Å². The second-order valence-electron chi connectivity index (χ2n) is 6.86. The van der Waals surface area contributed by atoms with Gasteiger partial charge in [0.2, 0.25) is 0 Å². The summed E-state index contributed by atoms with van der Waals surface area (Å²) in [4.78, 5) is 29.3. The first-order valence-electron chi connectivity index (χ1n) is 9.15. The summed E-state index contributed by atoms with van der Waals surface area (Å²) < 4.78 is 0. The Kier molecular flexibility index (Phi) is 5.31. The molecule has 2 amide bonds. The Morgan fingerprint density at radius 2 is 1.52 bits per heavy atom. The van der Waals surface area contributed by atoms with Crippen molar-refractivity contribution >= 4 is 46.4 Å². The number of carbonyl (C=O) groups is 2. The van der Waals surface area contributed by atoms with E-state index in [2.05, 4.69) is 0 Å². The van der Waals surface area contributed by atoms with Crippen LogP contribution in [-0.4, -0.2) is 11.8 Å². The quantitative estimate of drug-likeness (QED) is 0.484. The number of anilines is 1. The van der Waals surface area contributed by atoms with Gasteiger partial charge in [-0.3, -0.25) is 9.59 Å². The van der Waals surface area contributed by atoms with Crippen molar-refractivity contribution in [1.29, 1.82) is 0 Å². The molecule has 1 heterocycles. The topological polar surface area (TPSA) is 37.4 Å². The van der Waals surface area contributed by atoms with Crippen LogP contribution in [0.25, 0.3) is 5.57 Å². The fourth-order valence-corrected chi connectivity index (χ4v) is 4.33. The van der Waals surface area contributed by atoms with E-state index < -0.39 is 0 Å². The van der Waals surface area contributed by atoms with E-state index in [1.54, 1.807) is 12.1 Å². The first kappa shape index (κ1) is 19.5. The zero-order valence-corrected chi connectivity index (χ0v) is 17.6. The standard InChI is InChI=1S/C24H18ClNO2S/c1-15-8-11-17(12-9-15)21-22(29-19-6-4-3-5-7-19)24(28)26(23(21)27)18-13-10-16(2)20(25)14-18/h3-14H,1-2H3. The van der Waals surface area contributed by atoms with Gasteiger partial charge in [0, 0.05) is 9.92 Å². The largest absolute Gasteiger partial charge is 0.272 e. The number of hydrogen-bond acceptors (Lipinski definition) is 3. The van der Waals surface area contributed by atoms with Crippen LogP contribution in [0.15, 0.2) is 82.6 Å². The number of halogens is 1. The molecule has 3 nitrogen and oxygen atoms in total. The van der Waals surface area contributed by atoms with Gasteiger partial charge < -0.3 is 0 Å². The Labute approximate surface area is 179 Å². The van der Waals surface area contributed by atoms with Crippen molar-refractivity contribution in [2.45, 2.75) is 18.7 Å². The van der Waals surface area contributed by atoms with Crippen LogP contribution >= 0.6 is 23.4 Å². The summed E-state index contributed by atoms with van der Waals surface area (Å²) in [6.07, 6.45) is 0. The molecule has 29 heavy (non-hydrogen) atoms. The third kappa shape index (κ3) is 3.74. The maximum absolute atomic E-state index is 13.4. The summed E-state index contributed by atoms with van der Waals surface area (Å²) in [6.45, 7) is 3.87.